The van der Waals surface area contributed by atoms with Gasteiger partial charge in [0, 0.05) is 27.8 Å². The van der Waals surface area contributed by atoms with Crippen molar-refractivity contribution in [3.05, 3.63) is 216 Å². The second kappa shape index (κ2) is 12.5. The Kier molecular flexibility index (Phi) is 7.37. The molecule has 3 heteroatoms. The topological polar surface area (TPSA) is 35.0 Å². The maximum atomic E-state index is 6.54. The van der Waals surface area contributed by atoms with Crippen LogP contribution in [0.1, 0.15) is 22.3 Å². The minimum absolute atomic E-state index is 0.617. The van der Waals surface area contributed by atoms with Crippen LogP contribution in [0.25, 0.3) is 45.0 Å². The molecule has 0 bridgehead atoms. The van der Waals surface area contributed by atoms with Crippen LogP contribution in [-0.4, -0.2) is 9.97 Å². The fourth-order valence-electron chi connectivity index (χ4n) is 7.31. The zero-order valence-corrected chi connectivity index (χ0v) is 27.3. The molecule has 0 spiro atoms. The van der Waals surface area contributed by atoms with Crippen LogP contribution in [0.3, 0.4) is 0 Å². The number of hydrogen-bond donors (Lipinski definition) is 0. The molecule has 7 aromatic carbocycles. The normalized spacial score (nSPS) is 12.7. The first-order valence-electron chi connectivity index (χ1n) is 16.9. The number of ether oxygens (including phenoxy) is 1. The van der Waals surface area contributed by atoms with E-state index in [1.54, 1.807) is 0 Å². The highest BCUT2D eigenvalue weighted by Crippen LogP contribution is 2.55. The van der Waals surface area contributed by atoms with E-state index in [1.165, 1.54) is 16.7 Å². The fraction of sp³-hybridized carbons (Fsp3) is 0.0213. The SMILES string of the molecule is c1ccc(-c2ccc(-c3cc(-c4cccc(C5(c6ccccc6)c6ccccc6Oc6ccccc65)c4)nc(-c4ccccc4)n3)cc2)cc1. The summed E-state index contributed by atoms with van der Waals surface area (Å²) < 4.78 is 6.54. The van der Waals surface area contributed by atoms with Crippen LogP contribution in [0.4, 0.5) is 0 Å². The van der Waals surface area contributed by atoms with Gasteiger partial charge >= 0.3 is 0 Å². The summed E-state index contributed by atoms with van der Waals surface area (Å²) in [5, 5.41) is 0. The van der Waals surface area contributed by atoms with Gasteiger partial charge in [0.15, 0.2) is 5.82 Å². The molecule has 1 aliphatic rings. The van der Waals surface area contributed by atoms with E-state index in [1.807, 2.05) is 36.4 Å². The molecule has 0 unspecified atom stereocenters. The molecule has 0 aliphatic carbocycles. The van der Waals surface area contributed by atoms with Crippen LogP contribution in [0.2, 0.25) is 0 Å². The van der Waals surface area contributed by atoms with Gasteiger partial charge < -0.3 is 4.74 Å². The third-order valence-corrected chi connectivity index (χ3v) is 9.65. The van der Waals surface area contributed by atoms with Crippen molar-refractivity contribution in [1.29, 1.82) is 0 Å². The highest BCUT2D eigenvalue weighted by Gasteiger charge is 2.45. The average Bonchev–Trinajstić information content (AvgIpc) is 3.21. The van der Waals surface area contributed by atoms with E-state index in [4.69, 9.17) is 14.7 Å². The zero-order valence-electron chi connectivity index (χ0n) is 27.3. The summed E-state index contributed by atoms with van der Waals surface area (Å²) in [6, 6.07) is 67.8. The van der Waals surface area contributed by atoms with E-state index in [-0.39, 0.29) is 0 Å². The highest BCUT2D eigenvalue weighted by molar-refractivity contribution is 5.76. The maximum absolute atomic E-state index is 6.54. The van der Waals surface area contributed by atoms with E-state index >= 15 is 0 Å². The summed E-state index contributed by atoms with van der Waals surface area (Å²) in [7, 11) is 0. The lowest BCUT2D eigenvalue weighted by atomic mass is 9.63. The molecule has 0 fully saturated rings. The van der Waals surface area contributed by atoms with Crippen molar-refractivity contribution in [1.82, 2.24) is 9.97 Å². The third-order valence-electron chi connectivity index (χ3n) is 9.65. The zero-order chi connectivity index (χ0) is 33.3. The lowest BCUT2D eigenvalue weighted by Gasteiger charge is -2.41. The Morgan fingerprint density at radius 3 is 1.44 bits per heavy atom. The molecular weight excluding hydrogens is 609 g/mol. The van der Waals surface area contributed by atoms with Crippen molar-refractivity contribution in [3.63, 3.8) is 0 Å². The maximum Gasteiger partial charge on any atom is 0.160 e. The standard InChI is InChI=1S/C47H32N2O/c1-4-15-33(16-5-1)34-27-29-35(30-28-34)42-32-43(49-46(48-42)36-17-6-2-7-18-36)37-19-14-22-39(31-37)47(38-20-8-3-9-21-38)40-23-10-12-25-44(40)50-45-26-13-11-24-41(45)47/h1-32H. The molecule has 0 N–H and O–H groups in total. The van der Waals surface area contributed by atoms with Gasteiger partial charge in [0.2, 0.25) is 0 Å². The summed E-state index contributed by atoms with van der Waals surface area (Å²) in [6.45, 7) is 0. The smallest absolute Gasteiger partial charge is 0.160 e. The van der Waals surface area contributed by atoms with Gasteiger partial charge in [-0.05, 0) is 46.5 Å². The molecule has 236 valence electrons. The number of nitrogens with zero attached hydrogens (tertiary/aromatic N) is 2. The van der Waals surface area contributed by atoms with E-state index < -0.39 is 5.41 Å². The summed E-state index contributed by atoms with van der Waals surface area (Å²) in [6.07, 6.45) is 0. The quantitative estimate of drug-likeness (QED) is 0.181. The fourth-order valence-corrected chi connectivity index (χ4v) is 7.31. The van der Waals surface area contributed by atoms with Gasteiger partial charge in [-0.25, -0.2) is 9.97 Å². The monoisotopic (exact) mass is 640 g/mol. The Morgan fingerprint density at radius 2 is 0.800 bits per heavy atom. The molecule has 0 saturated heterocycles. The molecule has 0 saturated carbocycles. The molecule has 0 radical (unpaired) electrons. The Bertz CT molecular complexity index is 2390. The second-order valence-corrected chi connectivity index (χ2v) is 12.6. The van der Waals surface area contributed by atoms with Crippen LogP contribution in [0, 0.1) is 0 Å². The Hall–Kier alpha value is -6.58. The van der Waals surface area contributed by atoms with Crippen molar-refractivity contribution in [2.45, 2.75) is 5.41 Å². The lowest BCUT2D eigenvalue weighted by Crippen LogP contribution is -2.34. The summed E-state index contributed by atoms with van der Waals surface area (Å²) >= 11 is 0. The third kappa shape index (κ3) is 5.08. The minimum atomic E-state index is -0.617. The molecule has 1 aromatic heterocycles. The van der Waals surface area contributed by atoms with Crippen molar-refractivity contribution in [2.75, 3.05) is 0 Å². The van der Waals surface area contributed by atoms with Crippen LogP contribution >= 0.6 is 0 Å². The molecule has 9 rings (SSSR count). The molecule has 1 aliphatic heterocycles. The molecule has 2 heterocycles. The van der Waals surface area contributed by atoms with Crippen LogP contribution < -0.4 is 4.74 Å². The van der Waals surface area contributed by atoms with E-state index in [0.29, 0.717) is 5.82 Å². The second-order valence-electron chi connectivity index (χ2n) is 12.6. The van der Waals surface area contributed by atoms with Gasteiger partial charge in [-0.1, -0.05) is 170 Å². The molecule has 0 amide bonds. The molecule has 8 aromatic rings. The summed E-state index contributed by atoms with van der Waals surface area (Å²) in [4.78, 5) is 10.3. The lowest BCUT2D eigenvalue weighted by molar-refractivity contribution is 0.434. The number of fused-ring (bicyclic) bond motifs is 2. The summed E-state index contributed by atoms with van der Waals surface area (Å²) in [5.41, 5.74) is 11.0. The van der Waals surface area contributed by atoms with Crippen LogP contribution in [-0.2, 0) is 5.41 Å². The van der Waals surface area contributed by atoms with E-state index in [9.17, 15) is 0 Å². The van der Waals surface area contributed by atoms with Gasteiger partial charge in [-0.2, -0.15) is 0 Å². The summed E-state index contributed by atoms with van der Waals surface area (Å²) in [5.74, 6) is 2.40. The minimum Gasteiger partial charge on any atom is -0.457 e. The van der Waals surface area contributed by atoms with Gasteiger partial charge in [0.1, 0.15) is 11.5 Å². The van der Waals surface area contributed by atoms with Gasteiger partial charge in [-0.3, -0.25) is 0 Å². The van der Waals surface area contributed by atoms with Gasteiger partial charge in [-0.15, -0.1) is 0 Å². The Morgan fingerprint density at radius 1 is 0.340 bits per heavy atom. The van der Waals surface area contributed by atoms with Gasteiger partial charge in [0.25, 0.3) is 0 Å². The van der Waals surface area contributed by atoms with Crippen LogP contribution in [0.15, 0.2) is 194 Å². The number of hydrogen-bond acceptors (Lipinski definition) is 3. The van der Waals surface area contributed by atoms with E-state index in [2.05, 4.69) is 158 Å². The number of benzene rings is 7. The van der Waals surface area contributed by atoms with E-state index in [0.717, 1.165) is 56.3 Å². The number of aromatic nitrogens is 2. The average molecular weight is 641 g/mol. The Balaban J connectivity index is 1.24. The van der Waals surface area contributed by atoms with Crippen molar-refractivity contribution < 1.29 is 4.74 Å². The number of rotatable bonds is 6. The van der Waals surface area contributed by atoms with Gasteiger partial charge in [0.05, 0.1) is 16.8 Å². The first-order chi connectivity index (χ1) is 24.8. The van der Waals surface area contributed by atoms with Crippen molar-refractivity contribution >= 4 is 0 Å². The first-order valence-corrected chi connectivity index (χ1v) is 16.9. The largest absolute Gasteiger partial charge is 0.457 e. The highest BCUT2D eigenvalue weighted by atomic mass is 16.5. The first kappa shape index (κ1) is 29.6. The Labute approximate surface area is 292 Å². The predicted octanol–water partition coefficient (Wildman–Crippen LogP) is 11.6. The molecular formula is C47H32N2O. The van der Waals surface area contributed by atoms with Crippen molar-refractivity contribution in [2.24, 2.45) is 0 Å². The number of para-hydroxylation sites is 2. The predicted molar refractivity (Wildman–Crippen MR) is 202 cm³/mol. The molecule has 3 nitrogen and oxygen atoms in total. The van der Waals surface area contributed by atoms with Crippen LogP contribution in [0.5, 0.6) is 11.5 Å². The van der Waals surface area contributed by atoms with Crippen molar-refractivity contribution in [3.8, 4) is 56.5 Å². The molecule has 50 heavy (non-hydrogen) atoms. The molecule has 0 atom stereocenters.